The summed E-state index contributed by atoms with van der Waals surface area (Å²) in [5.41, 5.74) is 1.75. The van der Waals surface area contributed by atoms with Crippen LogP contribution in [0, 0.1) is 0 Å². The van der Waals surface area contributed by atoms with Crippen molar-refractivity contribution >= 4 is 15.9 Å². The molecule has 100 valence electrons. The minimum atomic E-state index is 0.593. The molecule has 1 aromatic heterocycles. The van der Waals surface area contributed by atoms with Crippen molar-refractivity contribution in [3.05, 3.63) is 35.2 Å². The van der Waals surface area contributed by atoms with Gasteiger partial charge >= 0.3 is 0 Å². The second-order valence-corrected chi connectivity index (χ2v) is 4.56. The van der Waals surface area contributed by atoms with Gasteiger partial charge in [-0.15, -0.1) is 0 Å². The summed E-state index contributed by atoms with van der Waals surface area (Å²) in [5, 5.41) is 0. The number of hydrogen-bond acceptors (Lipinski definition) is 4. The van der Waals surface area contributed by atoms with E-state index in [1.165, 1.54) is 0 Å². The molecule has 0 aliphatic rings. The molecule has 19 heavy (non-hydrogen) atoms. The minimum absolute atomic E-state index is 0.593. The van der Waals surface area contributed by atoms with Crippen molar-refractivity contribution in [1.82, 2.24) is 9.97 Å². The highest BCUT2D eigenvalue weighted by Crippen LogP contribution is 2.32. The Kier molecular flexibility index (Phi) is 4.74. The molecule has 0 atom stereocenters. The van der Waals surface area contributed by atoms with Gasteiger partial charge in [0.1, 0.15) is 4.60 Å². The van der Waals surface area contributed by atoms with Crippen LogP contribution in [0.5, 0.6) is 11.5 Å². The summed E-state index contributed by atoms with van der Waals surface area (Å²) in [6.07, 6.45) is 3.39. The zero-order chi connectivity index (χ0) is 13.7. The van der Waals surface area contributed by atoms with Gasteiger partial charge in [0, 0.05) is 5.56 Å². The van der Waals surface area contributed by atoms with E-state index in [9.17, 15) is 0 Å². The van der Waals surface area contributed by atoms with Crippen LogP contribution in [-0.2, 0) is 0 Å². The SMILES string of the molecule is CCOc1ccc(-c2cnc(Br)cn2)cc1OCC. The largest absolute Gasteiger partial charge is 0.490 e. The summed E-state index contributed by atoms with van der Waals surface area (Å²) >= 11 is 3.27. The lowest BCUT2D eigenvalue weighted by Crippen LogP contribution is -1.98. The first kappa shape index (κ1) is 13.8. The Bertz CT molecular complexity index is 544. The molecule has 1 heterocycles. The molecule has 0 saturated carbocycles. The fourth-order valence-corrected chi connectivity index (χ4v) is 1.88. The number of hydrogen-bond donors (Lipinski definition) is 0. The van der Waals surface area contributed by atoms with E-state index < -0.39 is 0 Å². The van der Waals surface area contributed by atoms with Crippen molar-refractivity contribution in [2.75, 3.05) is 13.2 Å². The van der Waals surface area contributed by atoms with Crippen LogP contribution in [0.1, 0.15) is 13.8 Å². The molecule has 0 saturated heterocycles. The van der Waals surface area contributed by atoms with Gasteiger partial charge in [0.05, 0.1) is 31.3 Å². The van der Waals surface area contributed by atoms with Gasteiger partial charge in [-0.2, -0.15) is 0 Å². The summed E-state index contributed by atoms with van der Waals surface area (Å²) < 4.78 is 11.8. The van der Waals surface area contributed by atoms with E-state index in [1.54, 1.807) is 12.4 Å². The van der Waals surface area contributed by atoms with Crippen molar-refractivity contribution in [3.8, 4) is 22.8 Å². The first-order valence-corrected chi connectivity index (χ1v) is 6.91. The molecule has 0 spiro atoms. The third kappa shape index (κ3) is 3.44. The molecule has 0 fully saturated rings. The highest BCUT2D eigenvalue weighted by atomic mass is 79.9. The van der Waals surface area contributed by atoms with Gasteiger partial charge in [0.2, 0.25) is 0 Å². The Morgan fingerprint density at radius 1 is 1.00 bits per heavy atom. The second kappa shape index (κ2) is 6.52. The quantitative estimate of drug-likeness (QED) is 0.841. The average Bonchev–Trinajstić information content (AvgIpc) is 2.42. The molecule has 0 aliphatic carbocycles. The monoisotopic (exact) mass is 322 g/mol. The van der Waals surface area contributed by atoms with E-state index in [0.717, 1.165) is 22.8 Å². The summed E-state index contributed by atoms with van der Waals surface area (Å²) in [7, 11) is 0. The molecule has 0 bridgehead atoms. The van der Waals surface area contributed by atoms with Crippen LogP contribution in [0.15, 0.2) is 35.2 Å². The van der Waals surface area contributed by atoms with E-state index in [0.29, 0.717) is 17.8 Å². The van der Waals surface area contributed by atoms with E-state index in [2.05, 4.69) is 25.9 Å². The maximum Gasteiger partial charge on any atom is 0.161 e. The second-order valence-electron chi connectivity index (χ2n) is 3.75. The third-order valence-corrected chi connectivity index (χ3v) is 2.87. The lowest BCUT2D eigenvalue weighted by atomic mass is 10.1. The summed E-state index contributed by atoms with van der Waals surface area (Å²) in [6, 6.07) is 5.77. The van der Waals surface area contributed by atoms with Gasteiger partial charge in [-0.25, -0.2) is 4.98 Å². The minimum Gasteiger partial charge on any atom is -0.490 e. The molecular formula is C14H15BrN2O2. The van der Waals surface area contributed by atoms with Crippen molar-refractivity contribution in [3.63, 3.8) is 0 Å². The van der Waals surface area contributed by atoms with Gasteiger partial charge in [0.25, 0.3) is 0 Å². The van der Waals surface area contributed by atoms with Gasteiger partial charge in [-0.1, -0.05) is 0 Å². The number of aromatic nitrogens is 2. The molecular weight excluding hydrogens is 308 g/mol. The number of halogens is 1. The third-order valence-electron chi connectivity index (χ3n) is 2.46. The molecule has 0 unspecified atom stereocenters. The molecule has 2 rings (SSSR count). The number of ether oxygens (including phenoxy) is 2. The summed E-state index contributed by atoms with van der Waals surface area (Å²) in [4.78, 5) is 8.49. The van der Waals surface area contributed by atoms with Crippen LogP contribution in [0.25, 0.3) is 11.3 Å². The highest BCUT2D eigenvalue weighted by Gasteiger charge is 2.08. The van der Waals surface area contributed by atoms with Crippen LogP contribution < -0.4 is 9.47 Å². The maximum atomic E-state index is 5.59. The molecule has 5 heteroatoms. The van der Waals surface area contributed by atoms with Crippen molar-refractivity contribution < 1.29 is 9.47 Å². The Balaban J connectivity index is 2.36. The van der Waals surface area contributed by atoms with Crippen LogP contribution >= 0.6 is 15.9 Å². The number of rotatable bonds is 5. The smallest absolute Gasteiger partial charge is 0.161 e. The van der Waals surface area contributed by atoms with Crippen molar-refractivity contribution in [1.29, 1.82) is 0 Å². The van der Waals surface area contributed by atoms with Gasteiger partial charge in [0.15, 0.2) is 11.5 Å². The Labute approximate surface area is 120 Å². The van der Waals surface area contributed by atoms with Gasteiger partial charge < -0.3 is 9.47 Å². The predicted octanol–water partition coefficient (Wildman–Crippen LogP) is 3.70. The number of benzene rings is 1. The first-order valence-electron chi connectivity index (χ1n) is 6.12. The molecule has 0 amide bonds. The zero-order valence-corrected chi connectivity index (χ0v) is 12.5. The lowest BCUT2D eigenvalue weighted by Gasteiger charge is -2.12. The Hall–Kier alpha value is -1.62. The van der Waals surface area contributed by atoms with Gasteiger partial charge in [-0.3, -0.25) is 4.98 Å². The molecule has 0 N–H and O–H groups in total. The Morgan fingerprint density at radius 3 is 2.37 bits per heavy atom. The van der Waals surface area contributed by atoms with Crippen LogP contribution in [0.4, 0.5) is 0 Å². The van der Waals surface area contributed by atoms with E-state index in [4.69, 9.17) is 9.47 Å². The maximum absolute atomic E-state index is 5.59. The fourth-order valence-electron chi connectivity index (χ4n) is 1.67. The first-order chi connectivity index (χ1) is 9.24. The van der Waals surface area contributed by atoms with E-state index in [-0.39, 0.29) is 0 Å². The summed E-state index contributed by atoms with van der Waals surface area (Å²) in [5.74, 6) is 1.48. The van der Waals surface area contributed by atoms with Crippen LogP contribution in [-0.4, -0.2) is 23.2 Å². The average molecular weight is 323 g/mol. The van der Waals surface area contributed by atoms with E-state index >= 15 is 0 Å². The molecule has 0 radical (unpaired) electrons. The fraction of sp³-hybridized carbons (Fsp3) is 0.286. The summed E-state index contributed by atoms with van der Waals surface area (Å²) in [6.45, 7) is 5.10. The predicted molar refractivity (Wildman–Crippen MR) is 77.5 cm³/mol. The number of nitrogens with zero attached hydrogens (tertiary/aromatic N) is 2. The molecule has 0 aliphatic heterocycles. The van der Waals surface area contributed by atoms with Crippen LogP contribution in [0.2, 0.25) is 0 Å². The molecule has 1 aromatic carbocycles. The zero-order valence-electron chi connectivity index (χ0n) is 10.9. The molecule has 2 aromatic rings. The standard InChI is InChI=1S/C14H15BrN2O2/c1-3-18-12-6-5-10(7-13(12)19-4-2)11-8-17-14(15)9-16-11/h5-9H,3-4H2,1-2H3. The van der Waals surface area contributed by atoms with Crippen LogP contribution in [0.3, 0.4) is 0 Å². The lowest BCUT2D eigenvalue weighted by molar-refractivity contribution is 0.288. The van der Waals surface area contributed by atoms with Crippen molar-refractivity contribution in [2.45, 2.75) is 13.8 Å². The Morgan fingerprint density at radius 2 is 1.74 bits per heavy atom. The van der Waals surface area contributed by atoms with Gasteiger partial charge in [-0.05, 0) is 48.0 Å². The highest BCUT2D eigenvalue weighted by molar-refractivity contribution is 9.10. The topological polar surface area (TPSA) is 44.2 Å². The van der Waals surface area contributed by atoms with E-state index in [1.807, 2.05) is 32.0 Å². The molecule has 4 nitrogen and oxygen atoms in total. The van der Waals surface area contributed by atoms with Crippen molar-refractivity contribution in [2.24, 2.45) is 0 Å². The normalized spacial score (nSPS) is 10.3.